The SMILES string of the molecule is COc1ccccc1CNc1ccnc(C(=O)Nc2cccc(C)c2C)c1. The van der Waals surface area contributed by atoms with Crippen LogP contribution in [0.4, 0.5) is 11.4 Å². The van der Waals surface area contributed by atoms with Crippen molar-refractivity contribution in [1.29, 1.82) is 0 Å². The Kier molecular flexibility index (Phi) is 5.71. The molecule has 0 saturated carbocycles. The number of rotatable bonds is 6. The van der Waals surface area contributed by atoms with E-state index in [0.717, 1.165) is 33.8 Å². The fraction of sp³-hybridized carbons (Fsp3) is 0.182. The molecule has 138 valence electrons. The lowest BCUT2D eigenvalue weighted by molar-refractivity contribution is 0.102. The van der Waals surface area contributed by atoms with Crippen LogP contribution >= 0.6 is 0 Å². The number of ether oxygens (including phenoxy) is 1. The summed E-state index contributed by atoms with van der Waals surface area (Å²) in [5.41, 5.74) is 5.21. The van der Waals surface area contributed by atoms with Gasteiger partial charge in [0.2, 0.25) is 0 Å². The normalized spacial score (nSPS) is 10.3. The van der Waals surface area contributed by atoms with Crippen LogP contribution in [0.15, 0.2) is 60.8 Å². The quantitative estimate of drug-likeness (QED) is 0.675. The molecular weight excluding hydrogens is 338 g/mol. The number of pyridine rings is 1. The van der Waals surface area contributed by atoms with Crippen LogP contribution in [0, 0.1) is 13.8 Å². The van der Waals surface area contributed by atoms with E-state index in [9.17, 15) is 4.79 Å². The van der Waals surface area contributed by atoms with Crippen molar-refractivity contribution in [1.82, 2.24) is 4.98 Å². The van der Waals surface area contributed by atoms with Crippen LogP contribution in [-0.2, 0) is 6.54 Å². The summed E-state index contributed by atoms with van der Waals surface area (Å²) >= 11 is 0. The number of carbonyl (C=O) groups excluding carboxylic acids is 1. The summed E-state index contributed by atoms with van der Waals surface area (Å²) in [6, 6.07) is 17.2. The summed E-state index contributed by atoms with van der Waals surface area (Å²) in [6.45, 7) is 4.60. The molecule has 5 heteroatoms. The first-order valence-electron chi connectivity index (χ1n) is 8.78. The molecule has 2 N–H and O–H groups in total. The van der Waals surface area contributed by atoms with E-state index in [1.165, 1.54) is 0 Å². The first-order chi connectivity index (χ1) is 13.1. The van der Waals surface area contributed by atoms with Crippen LogP contribution in [0.1, 0.15) is 27.2 Å². The van der Waals surface area contributed by atoms with Crippen molar-refractivity contribution in [3.05, 3.63) is 83.2 Å². The van der Waals surface area contributed by atoms with Crippen LogP contribution in [0.2, 0.25) is 0 Å². The molecule has 0 fully saturated rings. The summed E-state index contributed by atoms with van der Waals surface area (Å²) in [5.74, 6) is 0.594. The molecule has 1 heterocycles. The maximum Gasteiger partial charge on any atom is 0.274 e. The lowest BCUT2D eigenvalue weighted by Crippen LogP contribution is -2.15. The maximum atomic E-state index is 12.6. The Bertz CT molecular complexity index is 954. The number of carbonyl (C=O) groups is 1. The molecule has 0 spiro atoms. The highest BCUT2D eigenvalue weighted by Gasteiger charge is 2.11. The third-order valence-corrected chi connectivity index (χ3v) is 4.52. The molecule has 1 aromatic heterocycles. The standard InChI is InChI=1S/C22H23N3O2/c1-15-7-6-9-19(16(15)2)25-22(26)20-13-18(11-12-23-20)24-14-17-8-4-5-10-21(17)27-3/h4-13H,14H2,1-3H3,(H,23,24)(H,25,26). The zero-order valence-electron chi connectivity index (χ0n) is 15.7. The minimum Gasteiger partial charge on any atom is -0.496 e. The summed E-state index contributed by atoms with van der Waals surface area (Å²) in [6.07, 6.45) is 1.63. The van der Waals surface area contributed by atoms with Crippen molar-refractivity contribution in [2.45, 2.75) is 20.4 Å². The number of hydrogen-bond acceptors (Lipinski definition) is 4. The molecular formula is C22H23N3O2. The predicted molar refractivity (Wildman–Crippen MR) is 108 cm³/mol. The number of hydrogen-bond donors (Lipinski definition) is 2. The van der Waals surface area contributed by atoms with Crippen LogP contribution in [-0.4, -0.2) is 18.0 Å². The van der Waals surface area contributed by atoms with Gasteiger partial charge < -0.3 is 15.4 Å². The first-order valence-corrected chi connectivity index (χ1v) is 8.78. The van der Waals surface area contributed by atoms with Gasteiger partial charge in [-0.25, -0.2) is 0 Å². The van der Waals surface area contributed by atoms with Crippen molar-refractivity contribution in [2.24, 2.45) is 0 Å². The average Bonchev–Trinajstić information content (AvgIpc) is 2.70. The number of aryl methyl sites for hydroxylation is 1. The third-order valence-electron chi connectivity index (χ3n) is 4.52. The van der Waals surface area contributed by atoms with Crippen molar-refractivity contribution < 1.29 is 9.53 Å². The Balaban J connectivity index is 1.71. The van der Waals surface area contributed by atoms with Gasteiger partial charge in [0.05, 0.1) is 7.11 Å². The molecule has 0 radical (unpaired) electrons. The molecule has 0 unspecified atom stereocenters. The molecule has 27 heavy (non-hydrogen) atoms. The van der Waals surface area contributed by atoms with Gasteiger partial charge in [-0.2, -0.15) is 0 Å². The predicted octanol–water partition coefficient (Wildman–Crippen LogP) is 4.57. The van der Waals surface area contributed by atoms with Crippen LogP contribution < -0.4 is 15.4 Å². The second-order valence-corrected chi connectivity index (χ2v) is 6.30. The lowest BCUT2D eigenvalue weighted by Gasteiger charge is -2.12. The van der Waals surface area contributed by atoms with Crippen molar-refractivity contribution >= 4 is 17.3 Å². The van der Waals surface area contributed by atoms with E-state index in [4.69, 9.17) is 4.74 Å². The van der Waals surface area contributed by atoms with E-state index in [-0.39, 0.29) is 5.91 Å². The Morgan fingerprint density at radius 1 is 1.07 bits per heavy atom. The smallest absolute Gasteiger partial charge is 0.274 e. The fourth-order valence-corrected chi connectivity index (χ4v) is 2.78. The molecule has 5 nitrogen and oxygen atoms in total. The highest BCUT2D eigenvalue weighted by Crippen LogP contribution is 2.21. The summed E-state index contributed by atoms with van der Waals surface area (Å²) in [7, 11) is 1.65. The van der Waals surface area contributed by atoms with Gasteiger partial charge >= 0.3 is 0 Å². The van der Waals surface area contributed by atoms with Crippen LogP contribution in [0.25, 0.3) is 0 Å². The monoisotopic (exact) mass is 361 g/mol. The average molecular weight is 361 g/mol. The molecule has 0 aliphatic carbocycles. The molecule has 1 amide bonds. The molecule has 3 aromatic rings. The molecule has 2 aromatic carbocycles. The lowest BCUT2D eigenvalue weighted by atomic mass is 10.1. The summed E-state index contributed by atoms with van der Waals surface area (Å²) in [4.78, 5) is 16.8. The van der Waals surface area contributed by atoms with Crippen molar-refractivity contribution in [3.63, 3.8) is 0 Å². The van der Waals surface area contributed by atoms with E-state index < -0.39 is 0 Å². The van der Waals surface area contributed by atoms with E-state index >= 15 is 0 Å². The number of methoxy groups -OCH3 is 1. The van der Waals surface area contributed by atoms with Gasteiger partial charge in [-0.15, -0.1) is 0 Å². The van der Waals surface area contributed by atoms with Gasteiger partial charge in [0, 0.05) is 29.7 Å². The molecule has 0 atom stereocenters. The van der Waals surface area contributed by atoms with Crippen LogP contribution in [0.5, 0.6) is 5.75 Å². The minimum absolute atomic E-state index is 0.232. The number of benzene rings is 2. The molecule has 0 saturated heterocycles. The van der Waals surface area contributed by atoms with Crippen LogP contribution in [0.3, 0.4) is 0 Å². The van der Waals surface area contributed by atoms with Gasteiger partial charge in [-0.1, -0.05) is 30.3 Å². The Morgan fingerprint density at radius 3 is 2.70 bits per heavy atom. The van der Waals surface area contributed by atoms with Crippen molar-refractivity contribution in [2.75, 3.05) is 17.7 Å². The highest BCUT2D eigenvalue weighted by atomic mass is 16.5. The Labute approximate surface area is 159 Å². The summed E-state index contributed by atoms with van der Waals surface area (Å²) in [5, 5.41) is 6.25. The van der Waals surface area contributed by atoms with E-state index in [0.29, 0.717) is 12.2 Å². The Morgan fingerprint density at radius 2 is 1.89 bits per heavy atom. The molecule has 0 aliphatic rings. The van der Waals surface area contributed by atoms with E-state index in [1.54, 1.807) is 19.4 Å². The number of nitrogens with one attached hydrogen (secondary N) is 2. The van der Waals surface area contributed by atoms with Gasteiger partial charge in [0.25, 0.3) is 5.91 Å². The van der Waals surface area contributed by atoms with Gasteiger partial charge in [0.1, 0.15) is 11.4 Å². The Hall–Kier alpha value is -3.34. The van der Waals surface area contributed by atoms with E-state index in [2.05, 4.69) is 15.6 Å². The fourth-order valence-electron chi connectivity index (χ4n) is 2.78. The largest absolute Gasteiger partial charge is 0.496 e. The number of nitrogens with zero attached hydrogens (tertiary/aromatic N) is 1. The first kappa shape index (κ1) is 18.5. The van der Waals surface area contributed by atoms with Crippen molar-refractivity contribution in [3.8, 4) is 5.75 Å². The number of amides is 1. The maximum absolute atomic E-state index is 12.6. The van der Waals surface area contributed by atoms with Gasteiger partial charge in [-0.3, -0.25) is 9.78 Å². The minimum atomic E-state index is -0.232. The second kappa shape index (κ2) is 8.36. The van der Waals surface area contributed by atoms with Gasteiger partial charge in [-0.05, 0) is 49.2 Å². The molecule has 0 aliphatic heterocycles. The molecule has 0 bridgehead atoms. The zero-order chi connectivity index (χ0) is 19.2. The van der Waals surface area contributed by atoms with E-state index in [1.807, 2.05) is 62.4 Å². The summed E-state index contributed by atoms with van der Waals surface area (Å²) < 4.78 is 5.37. The topological polar surface area (TPSA) is 63.2 Å². The number of anilines is 2. The number of aromatic nitrogens is 1. The second-order valence-electron chi connectivity index (χ2n) is 6.30. The zero-order valence-corrected chi connectivity index (χ0v) is 15.7. The molecule has 3 rings (SSSR count). The number of para-hydroxylation sites is 1. The van der Waals surface area contributed by atoms with Gasteiger partial charge in [0.15, 0.2) is 0 Å². The third kappa shape index (κ3) is 4.44. The highest BCUT2D eigenvalue weighted by molar-refractivity contribution is 6.03.